The van der Waals surface area contributed by atoms with Crippen LogP contribution < -0.4 is 10.8 Å². The first-order chi connectivity index (χ1) is 13.2. The van der Waals surface area contributed by atoms with Crippen LogP contribution in [-0.2, 0) is 25.8 Å². The second kappa shape index (κ2) is 8.10. The van der Waals surface area contributed by atoms with Gasteiger partial charge >= 0.3 is 6.18 Å². The maximum Gasteiger partial charge on any atom is 0.416 e. The molecular weight excluding hydrogens is 399 g/mol. The molecule has 2 N–H and O–H groups in total. The molecule has 1 aromatic rings. The van der Waals surface area contributed by atoms with Crippen molar-refractivity contribution in [2.75, 3.05) is 19.7 Å². The highest BCUT2D eigenvalue weighted by Gasteiger charge is 2.33. The highest BCUT2D eigenvalue weighted by atomic mass is 32.2. The van der Waals surface area contributed by atoms with Gasteiger partial charge in [-0.2, -0.15) is 17.5 Å². The summed E-state index contributed by atoms with van der Waals surface area (Å²) in [6.07, 6.45) is -0.829. The lowest BCUT2D eigenvalue weighted by molar-refractivity contribution is -0.137. The number of nitrogens with one attached hydrogen (secondary N) is 2. The zero-order chi connectivity index (χ0) is 20.4. The number of nitrogens with zero attached hydrogens (tertiary/aromatic N) is 1. The monoisotopic (exact) mass is 419 g/mol. The van der Waals surface area contributed by atoms with Gasteiger partial charge in [-0.1, -0.05) is 6.07 Å². The fourth-order valence-electron chi connectivity index (χ4n) is 2.63. The summed E-state index contributed by atoms with van der Waals surface area (Å²) in [4.78, 5) is 16.2. The van der Waals surface area contributed by atoms with Crippen LogP contribution in [0, 0.1) is 0 Å². The molecule has 28 heavy (non-hydrogen) atoms. The van der Waals surface area contributed by atoms with Gasteiger partial charge in [0, 0.05) is 31.2 Å². The average Bonchev–Trinajstić information content (AvgIpc) is 3.45. The Hall–Kier alpha value is -2.11. The molecule has 11 heteroatoms. The van der Waals surface area contributed by atoms with E-state index in [1.165, 1.54) is 0 Å². The van der Waals surface area contributed by atoms with Crippen molar-refractivity contribution < 1.29 is 31.2 Å². The molecule has 1 saturated carbocycles. The first-order valence-electron chi connectivity index (χ1n) is 8.70. The van der Waals surface area contributed by atoms with Crippen molar-refractivity contribution in [1.29, 1.82) is 0 Å². The van der Waals surface area contributed by atoms with E-state index in [0.29, 0.717) is 11.8 Å². The number of sulfonamides is 1. The fraction of sp³-hybridized carbons (Fsp3) is 0.471. The van der Waals surface area contributed by atoms with Crippen LogP contribution in [0.3, 0.4) is 0 Å². The Morgan fingerprint density at radius 2 is 2.04 bits per heavy atom. The Bertz CT molecular complexity index is 867. The number of carbonyl (C=O) groups is 1. The van der Waals surface area contributed by atoms with E-state index in [1.54, 1.807) is 6.08 Å². The van der Waals surface area contributed by atoms with Crippen LogP contribution in [-0.4, -0.2) is 44.4 Å². The molecule has 0 bridgehead atoms. The van der Waals surface area contributed by atoms with E-state index < -0.39 is 26.7 Å². The fourth-order valence-corrected chi connectivity index (χ4v) is 4.06. The minimum atomic E-state index is -4.62. The van der Waals surface area contributed by atoms with Gasteiger partial charge in [-0.15, -0.1) is 0 Å². The van der Waals surface area contributed by atoms with Gasteiger partial charge in [0.15, 0.2) is 6.61 Å². The summed E-state index contributed by atoms with van der Waals surface area (Å²) in [5.74, 6) is -0.236. The number of amides is 1. The van der Waals surface area contributed by atoms with Gasteiger partial charge in [0.25, 0.3) is 0 Å². The molecule has 154 valence electrons. The summed E-state index contributed by atoms with van der Waals surface area (Å²) in [5.41, 5.74) is 2.21. The molecule has 3 rings (SSSR count). The van der Waals surface area contributed by atoms with Crippen molar-refractivity contribution in [2.45, 2.75) is 36.4 Å². The third-order valence-electron chi connectivity index (χ3n) is 4.32. The van der Waals surface area contributed by atoms with Crippen LogP contribution in [0.25, 0.3) is 0 Å². The standard InChI is InChI=1S/C17H20F3N3O4S/c18-17(19,20)12-2-1-3-15(10-12)28(25,26)23-8-6-14(7-9-23)22-27-11-16(24)21-13-4-5-13/h1-3,6,10,13,22H,4-5,7-9,11H2,(H,21,24). The summed E-state index contributed by atoms with van der Waals surface area (Å²) < 4.78 is 64.8. The summed E-state index contributed by atoms with van der Waals surface area (Å²) in [6, 6.07) is 3.91. The van der Waals surface area contributed by atoms with Crippen LogP contribution in [0.4, 0.5) is 13.2 Å². The van der Waals surface area contributed by atoms with Crippen LogP contribution >= 0.6 is 0 Å². The molecule has 0 saturated heterocycles. The molecule has 1 aliphatic heterocycles. The first-order valence-corrected chi connectivity index (χ1v) is 10.1. The Balaban J connectivity index is 1.56. The van der Waals surface area contributed by atoms with Crippen LogP contribution in [0.2, 0.25) is 0 Å². The van der Waals surface area contributed by atoms with E-state index >= 15 is 0 Å². The SMILES string of the molecule is O=C(CONC1=CCN(S(=O)(=O)c2cccc(C(F)(F)F)c2)CC1)NC1CC1. The minimum Gasteiger partial charge on any atom is -0.351 e. The quantitative estimate of drug-likeness (QED) is 0.658. The molecule has 0 radical (unpaired) electrons. The smallest absolute Gasteiger partial charge is 0.351 e. The summed E-state index contributed by atoms with van der Waals surface area (Å²) in [5, 5.41) is 2.76. The Kier molecular flexibility index (Phi) is 5.96. The molecule has 0 aromatic heterocycles. The molecule has 0 unspecified atom stereocenters. The van der Waals surface area contributed by atoms with Gasteiger partial charge in [-0.25, -0.2) is 8.42 Å². The second-order valence-corrected chi connectivity index (χ2v) is 8.54. The maximum absolute atomic E-state index is 12.8. The van der Waals surface area contributed by atoms with E-state index in [9.17, 15) is 26.4 Å². The van der Waals surface area contributed by atoms with Gasteiger partial charge in [-0.05, 0) is 37.1 Å². The Morgan fingerprint density at radius 3 is 2.64 bits per heavy atom. The lowest BCUT2D eigenvalue weighted by Gasteiger charge is -2.26. The molecule has 1 heterocycles. The molecule has 1 aromatic carbocycles. The predicted octanol–water partition coefficient (Wildman–Crippen LogP) is 1.78. The van der Waals surface area contributed by atoms with Crippen molar-refractivity contribution in [1.82, 2.24) is 15.1 Å². The van der Waals surface area contributed by atoms with Gasteiger partial charge in [-0.3, -0.25) is 15.1 Å². The van der Waals surface area contributed by atoms with Crippen molar-refractivity contribution in [3.05, 3.63) is 41.6 Å². The molecule has 0 spiro atoms. The molecule has 1 fully saturated rings. The Morgan fingerprint density at radius 1 is 1.29 bits per heavy atom. The molecule has 1 amide bonds. The van der Waals surface area contributed by atoms with E-state index in [2.05, 4.69) is 10.8 Å². The second-order valence-electron chi connectivity index (χ2n) is 6.60. The Labute approximate surface area is 160 Å². The predicted molar refractivity (Wildman–Crippen MR) is 93.2 cm³/mol. The number of hydrogen-bond donors (Lipinski definition) is 2. The molecule has 2 aliphatic rings. The first kappa shape index (κ1) is 20.6. The number of alkyl halides is 3. The molecule has 1 aliphatic carbocycles. The van der Waals surface area contributed by atoms with Crippen LogP contribution in [0.5, 0.6) is 0 Å². The number of benzene rings is 1. The number of carbonyl (C=O) groups excluding carboxylic acids is 1. The highest BCUT2D eigenvalue weighted by molar-refractivity contribution is 7.89. The number of halogens is 3. The van der Waals surface area contributed by atoms with Gasteiger partial charge in [0.05, 0.1) is 10.5 Å². The summed E-state index contributed by atoms with van der Waals surface area (Å²) in [6.45, 7) is -0.103. The largest absolute Gasteiger partial charge is 0.416 e. The number of rotatable bonds is 7. The van der Waals surface area contributed by atoms with Gasteiger partial charge in [0.2, 0.25) is 15.9 Å². The number of hydrogen-bond acceptors (Lipinski definition) is 5. The minimum absolute atomic E-state index is 0.0153. The highest BCUT2D eigenvalue weighted by Crippen LogP contribution is 2.31. The van der Waals surface area contributed by atoms with E-state index in [0.717, 1.165) is 35.3 Å². The zero-order valence-electron chi connectivity index (χ0n) is 14.8. The molecule has 0 atom stereocenters. The van der Waals surface area contributed by atoms with Gasteiger partial charge in [0.1, 0.15) is 0 Å². The summed E-state index contributed by atoms with van der Waals surface area (Å²) >= 11 is 0. The zero-order valence-corrected chi connectivity index (χ0v) is 15.6. The lowest BCUT2D eigenvalue weighted by Crippen LogP contribution is -2.37. The number of hydroxylamine groups is 1. The van der Waals surface area contributed by atoms with E-state index in [1.807, 2.05) is 0 Å². The maximum atomic E-state index is 12.8. The normalized spacial score (nSPS) is 18.5. The van der Waals surface area contributed by atoms with Crippen LogP contribution in [0.1, 0.15) is 24.8 Å². The van der Waals surface area contributed by atoms with E-state index in [4.69, 9.17) is 4.84 Å². The topological polar surface area (TPSA) is 87.7 Å². The summed E-state index contributed by atoms with van der Waals surface area (Å²) in [7, 11) is -4.05. The third-order valence-corrected chi connectivity index (χ3v) is 6.18. The lowest BCUT2D eigenvalue weighted by atomic mass is 10.2. The molecule has 7 nitrogen and oxygen atoms in total. The van der Waals surface area contributed by atoms with Crippen molar-refractivity contribution in [3.63, 3.8) is 0 Å². The molecular formula is C17H20F3N3O4S. The third kappa shape index (κ3) is 5.24. The van der Waals surface area contributed by atoms with Crippen molar-refractivity contribution >= 4 is 15.9 Å². The van der Waals surface area contributed by atoms with E-state index in [-0.39, 0.29) is 38.1 Å². The van der Waals surface area contributed by atoms with Crippen molar-refractivity contribution in [2.24, 2.45) is 0 Å². The van der Waals surface area contributed by atoms with Crippen LogP contribution in [0.15, 0.2) is 40.9 Å². The average molecular weight is 419 g/mol. The van der Waals surface area contributed by atoms with Gasteiger partial charge < -0.3 is 5.32 Å². The van der Waals surface area contributed by atoms with Crippen molar-refractivity contribution in [3.8, 4) is 0 Å².